The van der Waals surface area contributed by atoms with Gasteiger partial charge in [0.1, 0.15) is 5.82 Å². The predicted octanol–water partition coefficient (Wildman–Crippen LogP) is 1.58. The van der Waals surface area contributed by atoms with Crippen LogP contribution in [0.15, 0.2) is 11.0 Å². The molecule has 0 spiro atoms. The molecule has 0 saturated heterocycles. The summed E-state index contributed by atoms with van der Waals surface area (Å²) in [5.74, 6) is 0.776. The van der Waals surface area contributed by atoms with Crippen molar-refractivity contribution in [1.82, 2.24) is 9.55 Å². The Morgan fingerprint density at radius 3 is 2.93 bits per heavy atom. The van der Waals surface area contributed by atoms with E-state index in [-0.39, 0.29) is 5.56 Å². The Morgan fingerprint density at radius 2 is 2.27 bits per heavy atom. The average molecular weight is 322 g/mol. The molecule has 15 heavy (non-hydrogen) atoms. The average Bonchev–Trinajstić information content (AvgIpc) is 2.23. The van der Waals surface area contributed by atoms with Crippen LogP contribution in [0.1, 0.15) is 18.7 Å². The number of unbranched alkanes of at least 4 members (excludes halogenated alkanes) is 1. The van der Waals surface area contributed by atoms with E-state index in [4.69, 9.17) is 4.74 Å². The molecule has 0 aliphatic heterocycles. The molecule has 0 unspecified atom stereocenters. The second-order valence-corrected chi connectivity index (χ2v) is 4.47. The van der Waals surface area contributed by atoms with E-state index in [0.717, 1.165) is 31.8 Å². The highest BCUT2D eigenvalue weighted by Gasteiger charge is 2.04. The molecule has 0 fully saturated rings. The van der Waals surface area contributed by atoms with Gasteiger partial charge in [-0.1, -0.05) is 0 Å². The fraction of sp³-hybridized carbons (Fsp3) is 0.600. The van der Waals surface area contributed by atoms with Gasteiger partial charge in [-0.3, -0.25) is 9.36 Å². The van der Waals surface area contributed by atoms with Gasteiger partial charge in [0.2, 0.25) is 0 Å². The van der Waals surface area contributed by atoms with Crippen LogP contribution in [-0.2, 0) is 11.3 Å². The molecule has 0 amide bonds. The molecule has 0 saturated carbocycles. The number of halogens is 1. The minimum atomic E-state index is 0.0560. The van der Waals surface area contributed by atoms with Crippen LogP contribution in [0.5, 0.6) is 0 Å². The molecule has 0 aliphatic carbocycles. The monoisotopic (exact) mass is 322 g/mol. The SMILES string of the molecule is COCCCCn1c(C)ncc(I)c1=O. The van der Waals surface area contributed by atoms with Crippen molar-refractivity contribution < 1.29 is 4.74 Å². The van der Waals surface area contributed by atoms with Crippen LogP contribution in [-0.4, -0.2) is 23.3 Å². The molecule has 0 aliphatic rings. The first kappa shape index (κ1) is 12.6. The molecule has 84 valence electrons. The zero-order valence-corrected chi connectivity index (χ0v) is 11.2. The summed E-state index contributed by atoms with van der Waals surface area (Å²) in [6.45, 7) is 3.32. The third-order valence-electron chi connectivity index (χ3n) is 2.19. The first-order valence-electron chi connectivity index (χ1n) is 4.87. The van der Waals surface area contributed by atoms with E-state index in [1.165, 1.54) is 0 Å². The Bertz CT molecular complexity index is 376. The topological polar surface area (TPSA) is 44.1 Å². The van der Waals surface area contributed by atoms with Crippen LogP contribution < -0.4 is 5.56 Å². The van der Waals surface area contributed by atoms with Gasteiger partial charge >= 0.3 is 0 Å². The minimum absolute atomic E-state index is 0.0560. The Labute approximate surface area is 103 Å². The van der Waals surface area contributed by atoms with Gasteiger partial charge in [0, 0.05) is 26.5 Å². The second kappa shape index (κ2) is 6.22. The standard InChI is InChI=1S/C10H15IN2O2/c1-8-12-7-9(11)10(14)13(8)5-3-4-6-15-2/h7H,3-6H2,1-2H3. The Balaban J connectivity index is 2.68. The zero-order valence-electron chi connectivity index (χ0n) is 8.99. The van der Waals surface area contributed by atoms with Gasteiger partial charge in [0.15, 0.2) is 0 Å². The van der Waals surface area contributed by atoms with Gasteiger partial charge in [-0.25, -0.2) is 4.98 Å². The summed E-state index contributed by atoms with van der Waals surface area (Å²) >= 11 is 2.01. The fourth-order valence-electron chi connectivity index (χ4n) is 1.33. The highest BCUT2D eigenvalue weighted by molar-refractivity contribution is 14.1. The largest absolute Gasteiger partial charge is 0.385 e. The molecule has 1 rings (SSSR count). The van der Waals surface area contributed by atoms with Crippen molar-refractivity contribution in [1.29, 1.82) is 0 Å². The normalized spacial score (nSPS) is 10.6. The van der Waals surface area contributed by atoms with E-state index in [1.807, 2.05) is 29.5 Å². The lowest BCUT2D eigenvalue weighted by atomic mass is 10.3. The Kier molecular flexibility index (Phi) is 5.24. The van der Waals surface area contributed by atoms with Crippen molar-refractivity contribution >= 4 is 22.6 Å². The Morgan fingerprint density at radius 1 is 1.53 bits per heavy atom. The molecule has 0 aromatic carbocycles. The Hall–Kier alpha value is -0.430. The molecule has 0 atom stereocenters. The highest BCUT2D eigenvalue weighted by Crippen LogP contribution is 2.00. The summed E-state index contributed by atoms with van der Waals surface area (Å²) in [7, 11) is 1.68. The molecule has 0 bridgehead atoms. The summed E-state index contributed by atoms with van der Waals surface area (Å²) in [4.78, 5) is 15.9. The van der Waals surface area contributed by atoms with Gasteiger partial charge in [0.25, 0.3) is 5.56 Å². The number of aryl methyl sites for hydroxylation is 1. The number of hydrogen-bond acceptors (Lipinski definition) is 3. The minimum Gasteiger partial charge on any atom is -0.385 e. The van der Waals surface area contributed by atoms with Gasteiger partial charge < -0.3 is 4.74 Å². The quantitative estimate of drug-likeness (QED) is 0.611. The molecular weight excluding hydrogens is 307 g/mol. The number of methoxy groups -OCH3 is 1. The van der Waals surface area contributed by atoms with Gasteiger partial charge in [0.05, 0.1) is 3.57 Å². The second-order valence-electron chi connectivity index (χ2n) is 3.31. The fourth-order valence-corrected chi connectivity index (χ4v) is 1.76. The van der Waals surface area contributed by atoms with Gasteiger partial charge in [-0.15, -0.1) is 0 Å². The first-order valence-corrected chi connectivity index (χ1v) is 5.95. The predicted molar refractivity (Wildman–Crippen MR) is 67.1 cm³/mol. The van der Waals surface area contributed by atoms with Crippen LogP contribution in [0.25, 0.3) is 0 Å². The summed E-state index contributed by atoms with van der Waals surface area (Å²) in [6.07, 6.45) is 3.52. The molecule has 4 nitrogen and oxygen atoms in total. The first-order chi connectivity index (χ1) is 7.16. The summed E-state index contributed by atoms with van der Waals surface area (Å²) in [6, 6.07) is 0. The molecule has 1 heterocycles. The molecule has 1 aromatic rings. The highest BCUT2D eigenvalue weighted by atomic mass is 127. The van der Waals surface area contributed by atoms with E-state index >= 15 is 0 Å². The van der Waals surface area contributed by atoms with E-state index < -0.39 is 0 Å². The maximum absolute atomic E-state index is 11.7. The smallest absolute Gasteiger partial charge is 0.266 e. The van der Waals surface area contributed by atoms with Crippen molar-refractivity contribution in [2.24, 2.45) is 0 Å². The molecule has 1 aromatic heterocycles. The molecule has 0 N–H and O–H groups in total. The van der Waals surface area contributed by atoms with Crippen LogP contribution >= 0.6 is 22.6 Å². The maximum Gasteiger partial charge on any atom is 0.266 e. The number of nitrogens with zero attached hydrogens (tertiary/aromatic N) is 2. The number of aromatic nitrogens is 2. The lowest BCUT2D eigenvalue weighted by molar-refractivity contribution is 0.191. The van der Waals surface area contributed by atoms with Crippen molar-refractivity contribution in [3.63, 3.8) is 0 Å². The number of ether oxygens (including phenoxy) is 1. The summed E-state index contributed by atoms with van der Waals surface area (Å²) in [5, 5.41) is 0. The third-order valence-corrected chi connectivity index (χ3v) is 2.92. The van der Waals surface area contributed by atoms with Crippen molar-refractivity contribution in [3.8, 4) is 0 Å². The molecular formula is C10H15IN2O2. The summed E-state index contributed by atoms with van der Waals surface area (Å²) in [5.41, 5.74) is 0.0560. The van der Waals surface area contributed by atoms with Crippen LogP contribution in [0.2, 0.25) is 0 Å². The molecule has 5 heteroatoms. The zero-order chi connectivity index (χ0) is 11.3. The van der Waals surface area contributed by atoms with E-state index in [9.17, 15) is 4.79 Å². The van der Waals surface area contributed by atoms with Crippen LogP contribution in [0, 0.1) is 10.5 Å². The van der Waals surface area contributed by atoms with Gasteiger partial charge in [-0.2, -0.15) is 0 Å². The van der Waals surface area contributed by atoms with Crippen molar-refractivity contribution in [2.75, 3.05) is 13.7 Å². The lowest BCUT2D eigenvalue weighted by Gasteiger charge is -2.08. The van der Waals surface area contributed by atoms with Crippen LogP contribution in [0.3, 0.4) is 0 Å². The summed E-state index contributed by atoms with van der Waals surface area (Å²) < 4.78 is 7.35. The van der Waals surface area contributed by atoms with Crippen LogP contribution in [0.4, 0.5) is 0 Å². The van der Waals surface area contributed by atoms with E-state index in [0.29, 0.717) is 3.57 Å². The van der Waals surface area contributed by atoms with Crippen molar-refractivity contribution in [2.45, 2.75) is 26.3 Å². The van der Waals surface area contributed by atoms with Crippen molar-refractivity contribution in [3.05, 3.63) is 25.9 Å². The van der Waals surface area contributed by atoms with E-state index in [2.05, 4.69) is 4.98 Å². The third kappa shape index (κ3) is 3.57. The maximum atomic E-state index is 11.7. The number of rotatable bonds is 5. The van der Waals surface area contributed by atoms with E-state index in [1.54, 1.807) is 17.9 Å². The lowest BCUT2D eigenvalue weighted by Crippen LogP contribution is -2.25. The van der Waals surface area contributed by atoms with Gasteiger partial charge in [-0.05, 0) is 42.4 Å². The number of hydrogen-bond donors (Lipinski definition) is 0. The molecule has 0 radical (unpaired) electrons.